The zero-order chi connectivity index (χ0) is 19.2. The smallest absolute Gasteiger partial charge is 0.119 e. The number of nitrogens with zero attached hydrogens (tertiary/aromatic N) is 1. The average molecular weight is 357 g/mol. The number of rotatable bonds is 6. The quantitative estimate of drug-likeness (QED) is 0.470. The van der Waals surface area contributed by atoms with Gasteiger partial charge in [0.15, 0.2) is 0 Å². The van der Waals surface area contributed by atoms with Crippen LogP contribution < -0.4 is 4.74 Å². The molecule has 0 aliphatic rings. The van der Waals surface area contributed by atoms with E-state index >= 15 is 0 Å². The van der Waals surface area contributed by atoms with E-state index in [1.54, 1.807) is 0 Å². The van der Waals surface area contributed by atoms with Gasteiger partial charge in [-0.3, -0.25) is 4.99 Å². The highest BCUT2D eigenvalue weighted by atomic mass is 16.5. The summed E-state index contributed by atoms with van der Waals surface area (Å²) in [5, 5.41) is 0. The third-order valence-corrected chi connectivity index (χ3v) is 4.73. The summed E-state index contributed by atoms with van der Waals surface area (Å²) in [5.74, 6) is 0.870. The minimum atomic E-state index is 0.139. The first-order valence-electron chi connectivity index (χ1n) is 9.40. The van der Waals surface area contributed by atoms with Gasteiger partial charge in [0.2, 0.25) is 0 Å². The van der Waals surface area contributed by atoms with E-state index in [4.69, 9.17) is 9.73 Å². The van der Waals surface area contributed by atoms with Gasteiger partial charge < -0.3 is 4.74 Å². The second kappa shape index (κ2) is 8.68. The first kappa shape index (κ1) is 18.9. The highest BCUT2D eigenvalue weighted by molar-refractivity contribution is 5.80. The van der Waals surface area contributed by atoms with E-state index in [1.807, 2.05) is 48.7 Å². The summed E-state index contributed by atoms with van der Waals surface area (Å²) in [4.78, 5) is 4.77. The molecule has 0 bridgehead atoms. The number of aliphatic imine (C=N–C) groups is 1. The molecule has 0 N–H and O–H groups in total. The molecular weight excluding hydrogens is 330 g/mol. The molecule has 0 saturated heterocycles. The largest absolute Gasteiger partial charge is 0.489 e. The summed E-state index contributed by atoms with van der Waals surface area (Å²) < 4.78 is 5.84. The molecule has 0 heterocycles. The minimum Gasteiger partial charge on any atom is -0.489 e. The Labute approximate surface area is 162 Å². The van der Waals surface area contributed by atoms with Crippen molar-refractivity contribution >= 4 is 6.21 Å². The van der Waals surface area contributed by atoms with Crippen molar-refractivity contribution in [2.75, 3.05) is 0 Å². The lowest BCUT2D eigenvalue weighted by Crippen LogP contribution is -1.99. The Morgan fingerprint density at radius 3 is 2.15 bits per heavy atom. The molecule has 2 heteroatoms. The van der Waals surface area contributed by atoms with E-state index < -0.39 is 0 Å². The molecule has 0 fully saturated rings. The van der Waals surface area contributed by atoms with Crippen LogP contribution in [0.15, 0.2) is 71.7 Å². The summed E-state index contributed by atoms with van der Waals surface area (Å²) in [5.41, 5.74) is 7.48. The van der Waals surface area contributed by atoms with Gasteiger partial charge in [0, 0.05) is 6.21 Å². The average Bonchev–Trinajstić information content (AvgIpc) is 2.65. The molecule has 0 amide bonds. The molecule has 0 aliphatic heterocycles. The van der Waals surface area contributed by atoms with Crippen LogP contribution in [0, 0.1) is 20.8 Å². The second-order valence-electron chi connectivity index (χ2n) is 7.11. The molecule has 3 aromatic carbocycles. The lowest BCUT2D eigenvalue weighted by molar-refractivity contribution is 0.306. The number of benzene rings is 3. The van der Waals surface area contributed by atoms with Gasteiger partial charge in [-0.25, -0.2) is 0 Å². The van der Waals surface area contributed by atoms with Crippen molar-refractivity contribution in [1.82, 2.24) is 0 Å². The Balaban J connectivity index is 1.64. The molecule has 0 radical (unpaired) electrons. The highest BCUT2D eigenvalue weighted by Crippen LogP contribution is 2.26. The predicted molar refractivity (Wildman–Crippen MR) is 114 cm³/mol. The zero-order valence-electron chi connectivity index (χ0n) is 16.6. The van der Waals surface area contributed by atoms with Crippen LogP contribution in [0.1, 0.15) is 46.3 Å². The summed E-state index contributed by atoms with van der Waals surface area (Å²) in [6.07, 6.45) is 1.95. The van der Waals surface area contributed by atoms with Crippen molar-refractivity contribution in [3.63, 3.8) is 0 Å². The molecule has 1 atom stereocenters. The molecule has 0 spiro atoms. The van der Waals surface area contributed by atoms with E-state index in [2.05, 4.69) is 52.0 Å². The van der Waals surface area contributed by atoms with Gasteiger partial charge in [0.25, 0.3) is 0 Å². The van der Waals surface area contributed by atoms with Gasteiger partial charge in [-0.15, -0.1) is 0 Å². The third-order valence-electron chi connectivity index (χ3n) is 4.73. The maximum atomic E-state index is 5.84. The molecule has 138 valence electrons. The molecule has 1 unspecified atom stereocenters. The molecule has 2 nitrogen and oxygen atoms in total. The molecule has 27 heavy (non-hydrogen) atoms. The fraction of sp³-hybridized carbons (Fsp3) is 0.240. The predicted octanol–water partition coefficient (Wildman–Crippen LogP) is 6.37. The third kappa shape index (κ3) is 5.07. The van der Waals surface area contributed by atoms with Gasteiger partial charge in [-0.1, -0.05) is 48.0 Å². The van der Waals surface area contributed by atoms with Gasteiger partial charge in [0.05, 0.1) is 6.04 Å². The van der Waals surface area contributed by atoms with Crippen LogP contribution in [0.25, 0.3) is 0 Å². The molecule has 0 saturated carbocycles. The summed E-state index contributed by atoms with van der Waals surface area (Å²) in [6, 6.07) is 22.9. The second-order valence-corrected chi connectivity index (χ2v) is 7.11. The highest BCUT2D eigenvalue weighted by Gasteiger charge is 2.10. The Morgan fingerprint density at radius 2 is 1.52 bits per heavy atom. The number of hydrogen-bond donors (Lipinski definition) is 0. The van der Waals surface area contributed by atoms with Gasteiger partial charge >= 0.3 is 0 Å². The SMILES string of the molecule is Cc1cc(C)c(C(C)/N=C\c2ccc(OCc3ccccc3)cc2)c(C)c1. The van der Waals surface area contributed by atoms with Crippen LogP contribution in [-0.4, -0.2) is 6.21 Å². The summed E-state index contributed by atoms with van der Waals surface area (Å²) in [7, 11) is 0. The Bertz CT molecular complexity index is 888. The van der Waals surface area contributed by atoms with E-state index in [1.165, 1.54) is 27.8 Å². The van der Waals surface area contributed by atoms with Gasteiger partial charge in [-0.2, -0.15) is 0 Å². The van der Waals surface area contributed by atoms with E-state index in [9.17, 15) is 0 Å². The monoisotopic (exact) mass is 357 g/mol. The van der Waals surface area contributed by atoms with Crippen LogP contribution in [0.3, 0.4) is 0 Å². The molecule has 3 rings (SSSR count). The number of hydrogen-bond acceptors (Lipinski definition) is 2. The van der Waals surface area contributed by atoms with Crippen molar-refractivity contribution < 1.29 is 4.74 Å². The summed E-state index contributed by atoms with van der Waals surface area (Å²) in [6.45, 7) is 9.20. The number of aryl methyl sites for hydroxylation is 3. The number of ether oxygens (including phenoxy) is 1. The molecule has 3 aromatic rings. The maximum absolute atomic E-state index is 5.84. The minimum absolute atomic E-state index is 0.139. The van der Waals surface area contributed by atoms with Crippen LogP contribution in [0.2, 0.25) is 0 Å². The lowest BCUT2D eigenvalue weighted by Gasteiger charge is -2.15. The van der Waals surface area contributed by atoms with Crippen molar-refractivity contribution in [2.45, 2.75) is 40.3 Å². The van der Waals surface area contributed by atoms with Crippen LogP contribution >= 0.6 is 0 Å². The Kier molecular flexibility index (Phi) is 6.08. The summed E-state index contributed by atoms with van der Waals surface area (Å²) >= 11 is 0. The van der Waals surface area contributed by atoms with Crippen molar-refractivity contribution in [3.05, 3.63) is 100 Å². The van der Waals surface area contributed by atoms with Gasteiger partial charge in [0.1, 0.15) is 12.4 Å². The van der Waals surface area contributed by atoms with Crippen LogP contribution in [0.5, 0.6) is 5.75 Å². The van der Waals surface area contributed by atoms with Crippen molar-refractivity contribution in [2.24, 2.45) is 4.99 Å². The van der Waals surface area contributed by atoms with Crippen LogP contribution in [-0.2, 0) is 6.61 Å². The fourth-order valence-corrected chi connectivity index (χ4v) is 3.51. The first-order chi connectivity index (χ1) is 13.0. The molecule has 0 aliphatic carbocycles. The van der Waals surface area contributed by atoms with Crippen molar-refractivity contribution in [1.29, 1.82) is 0 Å². The van der Waals surface area contributed by atoms with Crippen LogP contribution in [0.4, 0.5) is 0 Å². The lowest BCUT2D eigenvalue weighted by atomic mass is 9.95. The van der Waals surface area contributed by atoms with E-state index in [0.29, 0.717) is 6.61 Å². The molecule has 0 aromatic heterocycles. The van der Waals surface area contributed by atoms with Crippen molar-refractivity contribution in [3.8, 4) is 5.75 Å². The Hall–Kier alpha value is -2.87. The van der Waals surface area contributed by atoms with E-state index in [0.717, 1.165) is 11.3 Å². The zero-order valence-corrected chi connectivity index (χ0v) is 16.6. The normalized spacial score (nSPS) is 12.3. The topological polar surface area (TPSA) is 21.6 Å². The first-order valence-corrected chi connectivity index (χ1v) is 9.40. The Morgan fingerprint density at radius 1 is 0.889 bits per heavy atom. The fourth-order valence-electron chi connectivity index (χ4n) is 3.51. The maximum Gasteiger partial charge on any atom is 0.119 e. The van der Waals surface area contributed by atoms with Gasteiger partial charge in [-0.05, 0) is 79.8 Å². The van der Waals surface area contributed by atoms with E-state index in [-0.39, 0.29) is 6.04 Å². The standard InChI is InChI=1S/C25H27NO/c1-18-14-19(2)25(20(3)15-18)21(4)26-16-22-10-12-24(13-11-22)27-17-23-8-6-5-7-9-23/h5-16,21H,17H2,1-4H3/b26-16-. The molecular formula is C25H27NO.